The molecule has 2 aromatic rings. The lowest BCUT2D eigenvalue weighted by Gasteiger charge is -2.25. The normalized spacial score (nSPS) is 18.9. The number of hydrogen-bond acceptors (Lipinski definition) is 3. The molecule has 3 heteroatoms. The lowest BCUT2D eigenvalue weighted by atomic mass is 9.86. The Labute approximate surface area is 124 Å². The summed E-state index contributed by atoms with van der Waals surface area (Å²) in [7, 11) is 0. The fourth-order valence-corrected chi connectivity index (χ4v) is 4.27. The second kappa shape index (κ2) is 5.60. The molecular weight excluding hydrogens is 264 g/mol. The standard InChI is InChI=1S/C17H20N2S/c1-11-7-8-12(2)14(9-11)17(19-18)15-10-20-16-6-4-3-5-13(15)16/h3-9,15,17,19H,10,18H2,1-2H3. The van der Waals surface area contributed by atoms with Gasteiger partial charge in [-0.1, -0.05) is 42.0 Å². The highest BCUT2D eigenvalue weighted by atomic mass is 32.2. The van der Waals surface area contributed by atoms with Gasteiger partial charge in [0, 0.05) is 16.6 Å². The van der Waals surface area contributed by atoms with E-state index in [-0.39, 0.29) is 6.04 Å². The van der Waals surface area contributed by atoms with Gasteiger partial charge in [0.15, 0.2) is 0 Å². The molecule has 2 unspecified atom stereocenters. The molecule has 1 heterocycles. The molecule has 1 aliphatic heterocycles. The molecule has 0 amide bonds. The third kappa shape index (κ3) is 2.37. The van der Waals surface area contributed by atoms with Crippen LogP contribution in [0.15, 0.2) is 47.4 Å². The first kappa shape index (κ1) is 13.7. The van der Waals surface area contributed by atoms with Crippen LogP contribution in [0.1, 0.15) is 34.2 Å². The Bertz CT molecular complexity index is 624. The molecular formula is C17H20N2S. The predicted octanol–water partition coefficient (Wildman–Crippen LogP) is 3.70. The molecule has 0 bridgehead atoms. The monoisotopic (exact) mass is 284 g/mol. The molecule has 0 fully saturated rings. The molecule has 0 radical (unpaired) electrons. The molecule has 0 saturated carbocycles. The Kier molecular flexibility index (Phi) is 3.83. The number of nitrogens with two attached hydrogens (primary N) is 1. The summed E-state index contributed by atoms with van der Waals surface area (Å²) in [4.78, 5) is 1.39. The van der Waals surface area contributed by atoms with Gasteiger partial charge < -0.3 is 0 Å². The Hall–Kier alpha value is -1.29. The number of fused-ring (bicyclic) bond motifs is 1. The summed E-state index contributed by atoms with van der Waals surface area (Å²) in [5.74, 6) is 7.42. The van der Waals surface area contributed by atoms with E-state index in [9.17, 15) is 0 Å². The van der Waals surface area contributed by atoms with Crippen molar-refractivity contribution in [1.29, 1.82) is 0 Å². The van der Waals surface area contributed by atoms with Crippen LogP contribution >= 0.6 is 11.8 Å². The number of rotatable bonds is 3. The van der Waals surface area contributed by atoms with Crippen molar-refractivity contribution in [3.63, 3.8) is 0 Å². The molecule has 0 aliphatic carbocycles. The smallest absolute Gasteiger partial charge is 0.0539 e. The van der Waals surface area contributed by atoms with Crippen LogP contribution in [-0.4, -0.2) is 5.75 Å². The minimum Gasteiger partial charge on any atom is -0.271 e. The number of hydrazine groups is 1. The SMILES string of the molecule is Cc1ccc(C)c(C(NN)C2CSc3ccccc32)c1. The van der Waals surface area contributed by atoms with Gasteiger partial charge in [0.05, 0.1) is 6.04 Å². The zero-order valence-electron chi connectivity index (χ0n) is 11.9. The van der Waals surface area contributed by atoms with Gasteiger partial charge in [-0.3, -0.25) is 11.3 Å². The Morgan fingerprint density at radius 2 is 2.00 bits per heavy atom. The van der Waals surface area contributed by atoms with E-state index in [4.69, 9.17) is 5.84 Å². The van der Waals surface area contributed by atoms with Crippen molar-refractivity contribution < 1.29 is 0 Å². The van der Waals surface area contributed by atoms with Crippen molar-refractivity contribution in [2.75, 3.05) is 5.75 Å². The van der Waals surface area contributed by atoms with Crippen LogP contribution in [0.5, 0.6) is 0 Å². The molecule has 3 rings (SSSR count). The van der Waals surface area contributed by atoms with Crippen LogP contribution in [0, 0.1) is 13.8 Å². The van der Waals surface area contributed by atoms with E-state index >= 15 is 0 Å². The maximum Gasteiger partial charge on any atom is 0.0539 e. The van der Waals surface area contributed by atoms with E-state index in [0.717, 1.165) is 5.75 Å². The molecule has 2 aromatic carbocycles. The molecule has 2 nitrogen and oxygen atoms in total. The molecule has 0 spiro atoms. The second-order valence-corrected chi connectivity index (χ2v) is 6.52. The second-order valence-electron chi connectivity index (χ2n) is 5.46. The van der Waals surface area contributed by atoms with Crippen LogP contribution in [0.25, 0.3) is 0 Å². The molecule has 104 valence electrons. The summed E-state index contributed by atoms with van der Waals surface area (Å²) in [6.45, 7) is 4.29. The lowest BCUT2D eigenvalue weighted by Crippen LogP contribution is -2.33. The number of nitrogens with one attached hydrogen (secondary N) is 1. The third-order valence-electron chi connectivity index (χ3n) is 4.09. The first-order valence-corrected chi connectivity index (χ1v) is 7.94. The van der Waals surface area contributed by atoms with Crippen LogP contribution in [0.4, 0.5) is 0 Å². The fraction of sp³-hybridized carbons (Fsp3) is 0.294. The van der Waals surface area contributed by atoms with E-state index in [1.807, 2.05) is 11.8 Å². The zero-order valence-corrected chi connectivity index (χ0v) is 12.7. The Morgan fingerprint density at radius 1 is 1.20 bits per heavy atom. The van der Waals surface area contributed by atoms with Crippen LogP contribution in [-0.2, 0) is 0 Å². The van der Waals surface area contributed by atoms with Crippen molar-refractivity contribution in [2.45, 2.75) is 30.7 Å². The number of benzene rings is 2. The average Bonchev–Trinajstić information content (AvgIpc) is 2.88. The minimum absolute atomic E-state index is 0.172. The van der Waals surface area contributed by atoms with Gasteiger partial charge in [-0.05, 0) is 36.6 Å². The highest BCUT2D eigenvalue weighted by molar-refractivity contribution is 7.99. The topological polar surface area (TPSA) is 38.0 Å². The van der Waals surface area contributed by atoms with Crippen molar-refractivity contribution >= 4 is 11.8 Å². The molecule has 1 aliphatic rings. The van der Waals surface area contributed by atoms with Crippen molar-refractivity contribution in [3.05, 3.63) is 64.7 Å². The first-order valence-electron chi connectivity index (χ1n) is 6.95. The van der Waals surface area contributed by atoms with E-state index in [0.29, 0.717) is 5.92 Å². The molecule has 3 N–H and O–H groups in total. The maximum atomic E-state index is 5.90. The maximum absolute atomic E-state index is 5.90. The van der Waals surface area contributed by atoms with Crippen molar-refractivity contribution in [3.8, 4) is 0 Å². The number of aryl methyl sites for hydroxylation is 2. The van der Waals surface area contributed by atoms with Gasteiger partial charge in [-0.2, -0.15) is 0 Å². The Morgan fingerprint density at radius 3 is 2.80 bits per heavy atom. The first-order chi connectivity index (χ1) is 9.70. The third-order valence-corrected chi connectivity index (χ3v) is 5.30. The van der Waals surface area contributed by atoms with E-state index in [1.54, 1.807) is 0 Å². The summed E-state index contributed by atoms with van der Waals surface area (Å²) in [6.07, 6.45) is 0. The van der Waals surface area contributed by atoms with Crippen LogP contribution in [0.3, 0.4) is 0 Å². The number of thioether (sulfide) groups is 1. The number of hydrogen-bond donors (Lipinski definition) is 2. The largest absolute Gasteiger partial charge is 0.271 e. The van der Waals surface area contributed by atoms with Crippen LogP contribution in [0.2, 0.25) is 0 Å². The average molecular weight is 284 g/mol. The molecule has 20 heavy (non-hydrogen) atoms. The highest BCUT2D eigenvalue weighted by Crippen LogP contribution is 2.45. The lowest BCUT2D eigenvalue weighted by molar-refractivity contribution is 0.483. The molecule has 2 atom stereocenters. The van der Waals surface area contributed by atoms with Crippen LogP contribution < -0.4 is 11.3 Å². The van der Waals surface area contributed by atoms with Crippen molar-refractivity contribution in [1.82, 2.24) is 5.43 Å². The van der Waals surface area contributed by atoms with Gasteiger partial charge in [0.25, 0.3) is 0 Å². The summed E-state index contributed by atoms with van der Waals surface area (Å²) in [6, 6.07) is 15.4. The van der Waals surface area contributed by atoms with E-state index in [1.165, 1.54) is 27.1 Å². The van der Waals surface area contributed by atoms with E-state index in [2.05, 4.69) is 61.7 Å². The van der Waals surface area contributed by atoms with Gasteiger partial charge in [0.1, 0.15) is 0 Å². The van der Waals surface area contributed by atoms with Gasteiger partial charge >= 0.3 is 0 Å². The van der Waals surface area contributed by atoms with Gasteiger partial charge in [-0.15, -0.1) is 11.8 Å². The zero-order chi connectivity index (χ0) is 14.1. The molecule has 0 aromatic heterocycles. The van der Waals surface area contributed by atoms with Crippen molar-refractivity contribution in [2.24, 2.45) is 5.84 Å². The summed E-state index contributed by atoms with van der Waals surface area (Å²) in [5, 5.41) is 0. The highest BCUT2D eigenvalue weighted by Gasteiger charge is 2.31. The Balaban J connectivity index is 2.01. The quantitative estimate of drug-likeness (QED) is 0.667. The summed E-state index contributed by atoms with van der Waals surface area (Å²) < 4.78 is 0. The fourth-order valence-electron chi connectivity index (χ4n) is 2.98. The van der Waals surface area contributed by atoms with Gasteiger partial charge in [-0.25, -0.2) is 0 Å². The molecule has 0 saturated heterocycles. The summed E-state index contributed by atoms with van der Waals surface area (Å²) in [5.41, 5.74) is 8.37. The summed E-state index contributed by atoms with van der Waals surface area (Å²) >= 11 is 1.93. The minimum atomic E-state index is 0.172. The van der Waals surface area contributed by atoms with E-state index < -0.39 is 0 Å². The predicted molar refractivity (Wildman–Crippen MR) is 85.9 cm³/mol. The van der Waals surface area contributed by atoms with Gasteiger partial charge in [0.2, 0.25) is 0 Å².